The molecular formula is C19H24N2O2S. The molecule has 2 unspecified atom stereocenters. The highest BCUT2D eigenvalue weighted by Crippen LogP contribution is 2.17. The van der Waals surface area contributed by atoms with Gasteiger partial charge in [-0.2, -0.15) is 0 Å². The maximum Gasteiger partial charge on any atom is 0.262 e. The van der Waals surface area contributed by atoms with E-state index in [0.717, 1.165) is 11.1 Å². The quantitative estimate of drug-likeness (QED) is 0.840. The van der Waals surface area contributed by atoms with E-state index in [1.807, 2.05) is 63.4 Å². The lowest BCUT2D eigenvalue weighted by atomic mass is 10.00. The van der Waals surface area contributed by atoms with Crippen molar-refractivity contribution in [2.45, 2.75) is 39.8 Å². The van der Waals surface area contributed by atoms with Crippen LogP contribution in [-0.2, 0) is 4.79 Å². The Bertz CT molecular complexity index is 695. The van der Waals surface area contributed by atoms with Crippen molar-refractivity contribution in [3.8, 4) is 0 Å². The van der Waals surface area contributed by atoms with Crippen LogP contribution in [0.3, 0.4) is 0 Å². The lowest BCUT2D eigenvalue weighted by Crippen LogP contribution is -2.50. The Morgan fingerprint density at radius 1 is 1.00 bits per heavy atom. The Balaban J connectivity index is 2.06. The molecule has 0 spiro atoms. The summed E-state index contributed by atoms with van der Waals surface area (Å²) in [6.45, 7) is 7.84. The van der Waals surface area contributed by atoms with Crippen molar-refractivity contribution in [3.63, 3.8) is 0 Å². The number of carbonyl (C=O) groups is 2. The van der Waals surface area contributed by atoms with Gasteiger partial charge in [0.1, 0.15) is 6.04 Å². The number of aryl methyl sites for hydroxylation is 1. The molecule has 2 atom stereocenters. The lowest BCUT2D eigenvalue weighted by Gasteiger charge is -2.24. The van der Waals surface area contributed by atoms with Crippen LogP contribution in [-0.4, -0.2) is 17.9 Å². The number of hydrogen-bond donors (Lipinski definition) is 2. The third-order valence-corrected chi connectivity index (χ3v) is 4.86. The Morgan fingerprint density at radius 2 is 1.71 bits per heavy atom. The first kappa shape index (κ1) is 18.2. The van der Waals surface area contributed by atoms with Crippen molar-refractivity contribution < 1.29 is 9.59 Å². The number of thiophene rings is 1. The van der Waals surface area contributed by atoms with Crippen LogP contribution in [0.5, 0.6) is 0 Å². The van der Waals surface area contributed by atoms with E-state index < -0.39 is 6.04 Å². The Kier molecular flexibility index (Phi) is 6.15. The number of benzene rings is 1. The molecule has 0 saturated carbocycles. The SMILES string of the molecule is Cc1ccccc1C(C)NC(=O)C(NC(=O)c1cccs1)C(C)C. The second kappa shape index (κ2) is 8.11. The molecule has 2 amide bonds. The summed E-state index contributed by atoms with van der Waals surface area (Å²) in [5, 5.41) is 7.72. The second-order valence-electron chi connectivity index (χ2n) is 6.26. The summed E-state index contributed by atoms with van der Waals surface area (Å²) in [4.78, 5) is 25.5. The molecule has 0 aliphatic rings. The maximum absolute atomic E-state index is 12.7. The largest absolute Gasteiger partial charge is 0.348 e. The number of amides is 2. The molecule has 0 saturated heterocycles. The fourth-order valence-electron chi connectivity index (χ4n) is 2.61. The number of nitrogens with one attached hydrogen (secondary N) is 2. The van der Waals surface area contributed by atoms with Crippen LogP contribution in [0.15, 0.2) is 41.8 Å². The standard InChI is InChI=1S/C19H24N2O2S/c1-12(2)17(21-18(22)16-10-7-11-24-16)19(23)20-14(4)15-9-6-5-8-13(15)3/h5-12,14,17H,1-4H3,(H,20,23)(H,21,22). The minimum atomic E-state index is -0.564. The Hall–Kier alpha value is -2.14. The summed E-state index contributed by atoms with van der Waals surface area (Å²) in [5.41, 5.74) is 2.21. The number of carbonyl (C=O) groups excluding carboxylic acids is 2. The first-order valence-electron chi connectivity index (χ1n) is 8.10. The highest BCUT2D eigenvalue weighted by atomic mass is 32.1. The van der Waals surface area contributed by atoms with Gasteiger partial charge in [-0.1, -0.05) is 44.2 Å². The molecule has 0 aliphatic carbocycles. The van der Waals surface area contributed by atoms with Crippen molar-refractivity contribution in [1.82, 2.24) is 10.6 Å². The van der Waals surface area contributed by atoms with E-state index in [1.54, 1.807) is 6.07 Å². The average molecular weight is 344 g/mol. The summed E-state index contributed by atoms with van der Waals surface area (Å²) in [6, 6.07) is 10.9. The predicted molar refractivity (Wildman–Crippen MR) is 98.1 cm³/mol. The van der Waals surface area contributed by atoms with E-state index in [9.17, 15) is 9.59 Å². The van der Waals surface area contributed by atoms with Gasteiger partial charge in [0.2, 0.25) is 5.91 Å². The van der Waals surface area contributed by atoms with Crippen LogP contribution >= 0.6 is 11.3 Å². The summed E-state index contributed by atoms with van der Waals surface area (Å²) in [6.07, 6.45) is 0. The highest BCUT2D eigenvalue weighted by Gasteiger charge is 2.26. The molecule has 0 radical (unpaired) electrons. The number of rotatable bonds is 6. The summed E-state index contributed by atoms with van der Waals surface area (Å²) < 4.78 is 0. The van der Waals surface area contributed by atoms with Crippen molar-refractivity contribution in [1.29, 1.82) is 0 Å². The van der Waals surface area contributed by atoms with E-state index in [2.05, 4.69) is 10.6 Å². The van der Waals surface area contributed by atoms with Gasteiger partial charge < -0.3 is 10.6 Å². The first-order chi connectivity index (χ1) is 11.4. The molecule has 2 N–H and O–H groups in total. The molecule has 0 bridgehead atoms. The monoisotopic (exact) mass is 344 g/mol. The molecule has 2 aromatic rings. The molecule has 5 heteroatoms. The zero-order valence-corrected chi connectivity index (χ0v) is 15.3. The van der Waals surface area contributed by atoms with Crippen LogP contribution in [0.1, 0.15) is 47.6 Å². The molecule has 0 fully saturated rings. The zero-order chi connectivity index (χ0) is 17.7. The van der Waals surface area contributed by atoms with E-state index in [1.165, 1.54) is 11.3 Å². The van der Waals surface area contributed by atoms with Crippen LogP contribution in [0.25, 0.3) is 0 Å². The minimum Gasteiger partial charge on any atom is -0.348 e. The van der Waals surface area contributed by atoms with Gasteiger partial charge in [0, 0.05) is 0 Å². The first-order valence-corrected chi connectivity index (χ1v) is 8.98. The van der Waals surface area contributed by atoms with E-state index >= 15 is 0 Å². The van der Waals surface area contributed by atoms with Gasteiger partial charge in [0.05, 0.1) is 10.9 Å². The lowest BCUT2D eigenvalue weighted by molar-refractivity contribution is -0.124. The van der Waals surface area contributed by atoms with Gasteiger partial charge in [-0.15, -0.1) is 11.3 Å². The van der Waals surface area contributed by atoms with Crippen molar-refractivity contribution in [2.24, 2.45) is 5.92 Å². The van der Waals surface area contributed by atoms with Gasteiger partial charge in [-0.3, -0.25) is 9.59 Å². The van der Waals surface area contributed by atoms with Gasteiger partial charge in [0.25, 0.3) is 5.91 Å². The smallest absolute Gasteiger partial charge is 0.262 e. The topological polar surface area (TPSA) is 58.2 Å². The van der Waals surface area contributed by atoms with Gasteiger partial charge in [-0.25, -0.2) is 0 Å². The normalized spacial score (nSPS) is 13.4. The zero-order valence-electron chi connectivity index (χ0n) is 14.5. The fraction of sp³-hybridized carbons (Fsp3) is 0.368. The van der Waals surface area contributed by atoms with Crippen molar-refractivity contribution in [3.05, 3.63) is 57.8 Å². The molecular weight excluding hydrogens is 320 g/mol. The molecule has 0 aliphatic heterocycles. The summed E-state index contributed by atoms with van der Waals surface area (Å²) in [5.74, 6) is -0.369. The third-order valence-electron chi connectivity index (χ3n) is 3.99. The van der Waals surface area contributed by atoms with Gasteiger partial charge in [0.15, 0.2) is 0 Å². The fourth-order valence-corrected chi connectivity index (χ4v) is 3.24. The summed E-state index contributed by atoms with van der Waals surface area (Å²) >= 11 is 1.37. The predicted octanol–water partition coefficient (Wildman–Crippen LogP) is 3.69. The average Bonchev–Trinajstić information content (AvgIpc) is 3.06. The van der Waals surface area contributed by atoms with Crippen LogP contribution < -0.4 is 10.6 Å². The van der Waals surface area contributed by atoms with Crippen LogP contribution in [0, 0.1) is 12.8 Å². The summed E-state index contributed by atoms with van der Waals surface area (Å²) in [7, 11) is 0. The van der Waals surface area contributed by atoms with E-state index in [0.29, 0.717) is 4.88 Å². The molecule has 128 valence electrons. The third kappa shape index (κ3) is 4.45. The number of hydrogen-bond acceptors (Lipinski definition) is 3. The Morgan fingerprint density at radius 3 is 2.29 bits per heavy atom. The molecule has 1 heterocycles. The molecule has 24 heavy (non-hydrogen) atoms. The second-order valence-corrected chi connectivity index (χ2v) is 7.21. The van der Waals surface area contributed by atoms with Crippen molar-refractivity contribution in [2.75, 3.05) is 0 Å². The van der Waals surface area contributed by atoms with E-state index in [4.69, 9.17) is 0 Å². The van der Waals surface area contributed by atoms with E-state index in [-0.39, 0.29) is 23.8 Å². The Labute approximate surface area is 147 Å². The van der Waals surface area contributed by atoms with Crippen LogP contribution in [0.4, 0.5) is 0 Å². The maximum atomic E-state index is 12.7. The highest BCUT2D eigenvalue weighted by molar-refractivity contribution is 7.12. The molecule has 4 nitrogen and oxygen atoms in total. The molecule has 2 rings (SSSR count). The molecule has 1 aromatic heterocycles. The van der Waals surface area contributed by atoms with Gasteiger partial charge >= 0.3 is 0 Å². The van der Waals surface area contributed by atoms with Crippen molar-refractivity contribution >= 4 is 23.2 Å². The minimum absolute atomic E-state index is 0.00187. The van der Waals surface area contributed by atoms with Gasteiger partial charge in [-0.05, 0) is 42.3 Å². The van der Waals surface area contributed by atoms with Crippen LogP contribution in [0.2, 0.25) is 0 Å². The molecule has 1 aromatic carbocycles.